The Morgan fingerprint density at radius 3 is 3.00 bits per heavy atom. The summed E-state index contributed by atoms with van der Waals surface area (Å²) in [4.78, 5) is 21.9. The number of rotatable bonds is 6. The predicted octanol–water partition coefficient (Wildman–Crippen LogP) is 3.66. The molecule has 3 heterocycles. The molecule has 0 radical (unpaired) electrons. The normalized spacial score (nSPS) is 16.8. The van der Waals surface area contributed by atoms with Crippen LogP contribution in [0.2, 0.25) is 0 Å². The van der Waals surface area contributed by atoms with Gasteiger partial charge < -0.3 is 14.6 Å². The molecule has 0 bridgehead atoms. The van der Waals surface area contributed by atoms with E-state index in [9.17, 15) is 4.79 Å². The topological polar surface area (TPSA) is 69.0 Å². The van der Waals surface area contributed by atoms with Crippen LogP contribution in [-0.4, -0.2) is 39.7 Å². The van der Waals surface area contributed by atoms with E-state index in [-0.39, 0.29) is 12.0 Å². The minimum Gasteiger partial charge on any atom is -0.376 e. The molecule has 146 valence electrons. The molecule has 3 aromatic rings. The van der Waals surface area contributed by atoms with E-state index < -0.39 is 0 Å². The Hall–Kier alpha value is -2.73. The molecule has 1 N–H and O–H groups in total. The van der Waals surface area contributed by atoms with Crippen molar-refractivity contribution in [2.24, 2.45) is 5.92 Å². The number of amides is 1. The first-order valence-electron chi connectivity index (χ1n) is 9.93. The third-order valence-corrected chi connectivity index (χ3v) is 4.95. The smallest absolute Gasteiger partial charge is 0.251 e. The third-order valence-electron chi connectivity index (χ3n) is 4.95. The highest BCUT2D eigenvalue weighted by molar-refractivity contribution is 5.95. The number of ether oxygens (including phenoxy) is 1. The van der Waals surface area contributed by atoms with Crippen molar-refractivity contribution in [3.63, 3.8) is 0 Å². The van der Waals surface area contributed by atoms with Gasteiger partial charge in [-0.15, -0.1) is 0 Å². The number of imidazole rings is 1. The highest BCUT2D eigenvalue weighted by Gasteiger charge is 2.18. The molecule has 1 unspecified atom stereocenters. The van der Waals surface area contributed by atoms with Gasteiger partial charge in [0.1, 0.15) is 11.3 Å². The van der Waals surface area contributed by atoms with E-state index in [1.807, 2.05) is 36.4 Å². The van der Waals surface area contributed by atoms with Gasteiger partial charge in [-0.05, 0) is 43.0 Å². The second-order valence-electron chi connectivity index (χ2n) is 7.71. The standard InChI is InChI=1S/C22H26N4O2/c1-15(2)14-26-20(25-19-9-4-10-23-21(19)26)16-6-3-7-17(12-16)22(27)24-13-18-8-5-11-28-18/h3-4,6-7,9-10,12,15,18H,5,8,11,13-14H2,1-2H3,(H,24,27). The number of pyridine rings is 1. The van der Waals surface area contributed by atoms with Crippen LogP contribution in [-0.2, 0) is 11.3 Å². The van der Waals surface area contributed by atoms with E-state index in [4.69, 9.17) is 9.72 Å². The summed E-state index contributed by atoms with van der Waals surface area (Å²) in [6.45, 7) is 6.51. The maximum Gasteiger partial charge on any atom is 0.251 e. The summed E-state index contributed by atoms with van der Waals surface area (Å²) in [6, 6.07) is 11.5. The summed E-state index contributed by atoms with van der Waals surface area (Å²) < 4.78 is 7.73. The molecule has 1 fully saturated rings. The molecule has 1 aromatic carbocycles. The molecule has 6 heteroatoms. The lowest BCUT2D eigenvalue weighted by Crippen LogP contribution is -2.31. The van der Waals surface area contributed by atoms with Crippen molar-refractivity contribution in [3.05, 3.63) is 48.2 Å². The highest BCUT2D eigenvalue weighted by atomic mass is 16.5. The monoisotopic (exact) mass is 378 g/mol. The van der Waals surface area contributed by atoms with Crippen LogP contribution in [0.3, 0.4) is 0 Å². The fraction of sp³-hybridized carbons (Fsp3) is 0.409. The molecule has 4 rings (SSSR count). The molecule has 2 aromatic heterocycles. The Labute approximate surface area is 164 Å². The van der Waals surface area contributed by atoms with Crippen molar-refractivity contribution >= 4 is 17.1 Å². The lowest BCUT2D eigenvalue weighted by atomic mass is 10.1. The molecule has 1 aliphatic rings. The highest BCUT2D eigenvalue weighted by Crippen LogP contribution is 2.25. The number of aromatic nitrogens is 3. The Kier molecular flexibility index (Phi) is 5.39. The van der Waals surface area contributed by atoms with Gasteiger partial charge in [0.2, 0.25) is 0 Å². The maximum absolute atomic E-state index is 12.6. The van der Waals surface area contributed by atoms with Crippen LogP contribution in [0.4, 0.5) is 0 Å². The van der Waals surface area contributed by atoms with Crippen molar-refractivity contribution < 1.29 is 9.53 Å². The lowest BCUT2D eigenvalue weighted by molar-refractivity contribution is 0.0858. The van der Waals surface area contributed by atoms with Crippen LogP contribution in [0.5, 0.6) is 0 Å². The number of fused-ring (bicyclic) bond motifs is 1. The second-order valence-corrected chi connectivity index (χ2v) is 7.71. The molecule has 28 heavy (non-hydrogen) atoms. The maximum atomic E-state index is 12.6. The van der Waals surface area contributed by atoms with E-state index in [0.717, 1.165) is 48.5 Å². The number of hydrogen-bond donors (Lipinski definition) is 1. The van der Waals surface area contributed by atoms with Gasteiger partial charge in [-0.3, -0.25) is 4.79 Å². The van der Waals surface area contributed by atoms with Gasteiger partial charge in [-0.25, -0.2) is 9.97 Å². The number of nitrogens with zero attached hydrogens (tertiary/aromatic N) is 3. The Balaban J connectivity index is 1.62. The first-order chi connectivity index (χ1) is 13.6. The summed E-state index contributed by atoms with van der Waals surface area (Å²) in [7, 11) is 0. The number of carbonyl (C=O) groups excluding carboxylic acids is 1. The van der Waals surface area contributed by atoms with Crippen molar-refractivity contribution in [1.29, 1.82) is 0 Å². The number of benzene rings is 1. The average molecular weight is 378 g/mol. The second kappa shape index (κ2) is 8.10. The van der Waals surface area contributed by atoms with E-state index in [2.05, 4.69) is 28.7 Å². The Morgan fingerprint density at radius 2 is 2.21 bits per heavy atom. The summed E-state index contributed by atoms with van der Waals surface area (Å²) >= 11 is 0. The van der Waals surface area contributed by atoms with Crippen LogP contribution < -0.4 is 5.32 Å². The van der Waals surface area contributed by atoms with Crippen LogP contribution in [0.1, 0.15) is 37.0 Å². The summed E-state index contributed by atoms with van der Waals surface area (Å²) in [5.74, 6) is 1.22. The van der Waals surface area contributed by atoms with Gasteiger partial charge in [-0.1, -0.05) is 26.0 Å². The largest absolute Gasteiger partial charge is 0.376 e. The molecular weight excluding hydrogens is 352 g/mol. The third kappa shape index (κ3) is 3.92. The Morgan fingerprint density at radius 1 is 1.32 bits per heavy atom. The van der Waals surface area contributed by atoms with Crippen molar-refractivity contribution in [2.45, 2.75) is 39.3 Å². The predicted molar refractivity (Wildman–Crippen MR) is 109 cm³/mol. The minimum absolute atomic E-state index is 0.0815. The van der Waals surface area contributed by atoms with Gasteiger partial charge in [0, 0.05) is 37.0 Å². The molecule has 0 aliphatic carbocycles. The van der Waals surface area contributed by atoms with E-state index >= 15 is 0 Å². The molecule has 0 spiro atoms. The van der Waals surface area contributed by atoms with Gasteiger partial charge in [-0.2, -0.15) is 0 Å². The molecule has 1 aliphatic heterocycles. The van der Waals surface area contributed by atoms with Crippen molar-refractivity contribution in [2.75, 3.05) is 13.2 Å². The minimum atomic E-state index is -0.0815. The Bertz CT molecular complexity index is 974. The number of hydrogen-bond acceptors (Lipinski definition) is 4. The first-order valence-corrected chi connectivity index (χ1v) is 9.93. The summed E-state index contributed by atoms with van der Waals surface area (Å²) in [6.07, 6.45) is 4.00. The SMILES string of the molecule is CC(C)Cn1c(-c2cccc(C(=O)NCC3CCCO3)c2)nc2cccnc21. The van der Waals surface area contributed by atoms with Gasteiger partial charge in [0.15, 0.2) is 5.65 Å². The fourth-order valence-electron chi connectivity index (χ4n) is 3.63. The van der Waals surface area contributed by atoms with E-state index in [1.165, 1.54) is 0 Å². The zero-order valence-corrected chi connectivity index (χ0v) is 16.4. The number of nitrogens with one attached hydrogen (secondary N) is 1. The molecule has 1 saturated heterocycles. The fourth-order valence-corrected chi connectivity index (χ4v) is 3.63. The molecule has 1 amide bonds. The quantitative estimate of drug-likeness (QED) is 0.711. The van der Waals surface area contributed by atoms with E-state index in [1.54, 1.807) is 6.20 Å². The van der Waals surface area contributed by atoms with E-state index in [0.29, 0.717) is 18.0 Å². The van der Waals surface area contributed by atoms with Crippen molar-refractivity contribution in [1.82, 2.24) is 19.9 Å². The van der Waals surface area contributed by atoms with Crippen LogP contribution in [0.15, 0.2) is 42.6 Å². The van der Waals surface area contributed by atoms with Crippen LogP contribution in [0, 0.1) is 5.92 Å². The molecule has 1 atom stereocenters. The lowest BCUT2D eigenvalue weighted by Gasteiger charge is -2.13. The summed E-state index contributed by atoms with van der Waals surface area (Å²) in [5, 5.41) is 2.99. The van der Waals surface area contributed by atoms with Gasteiger partial charge in [0.05, 0.1) is 6.10 Å². The zero-order valence-electron chi connectivity index (χ0n) is 16.4. The van der Waals surface area contributed by atoms with Gasteiger partial charge >= 0.3 is 0 Å². The van der Waals surface area contributed by atoms with Crippen LogP contribution in [0.25, 0.3) is 22.6 Å². The zero-order chi connectivity index (χ0) is 19.5. The number of carbonyl (C=O) groups is 1. The van der Waals surface area contributed by atoms with Gasteiger partial charge in [0.25, 0.3) is 5.91 Å². The molecule has 0 saturated carbocycles. The average Bonchev–Trinajstić information content (AvgIpc) is 3.34. The van der Waals surface area contributed by atoms with Crippen molar-refractivity contribution in [3.8, 4) is 11.4 Å². The molecular formula is C22H26N4O2. The molecule has 6 nitrogen and oxygen atoms in total. The summed E-state index contributed by atoms with van der Waals surface area (Å²) in [5.41, 5.74) is 3.29. The van der Waals surface area contributed by atoms with Crippen LogP contribution >= 0.6 is 0 Å². The first kappa shape index (κ1) is 18.6.